The van der Waals surface area contributed by atoms with Crippen LogP contribution in [0.5, 0.6) is 5.75 Å². The van der Waals surface area contributed by atoms with Crippen molar-refractivity contribution in [3.63, 3.8) is 0 Å². The van der Waals surface area contributed by atoms with Crippen LogP contribution in [0, 0.1) is 0 Å². The smallest absolute Gasteiger partial charge is 0.142 e. The minimum atomic E-state index is -0.00180. The molecule has 1 unspecified atom stereocenters. The van der Waals surface area contributed by atoms with E-state index < -0.39 is 0 Å². The topological polar surface area (TPSA) is 52.3 Å². The van der Waals surface area contributed by atoms with Gasteiger partial charge in [-0.2, -0.15) is 0 Å². The highest BCUT2D eigenvalue weighted by molar-refractivity contribution is 7.15. The maximum atomic E-state index is 10.6. The van der Waals surface area contributed by atoms with Crippen molar-refractivity contribution in [1.29, 1.82) is 0 Å². The van der Waals surface area contributed by atoms with Crippen LogP contribution in [-0.2, 0) is 17.6 Å². The van der Waals surface area contributed by atoms with Crippen molar-refractivity contribution < 1.29 is 9.53 Å². The molecule has 2 heterocycles. The fourth-order valence-electron chi connectivity index (χ4n) is 2.44. The van der Waals surface area contributed by atoms with Gasteiger partial charge in [-0.05, 0) is 23.8 Å². The fourth-order valence-corrected chi connectivity index (χ4v) is 3.67. The van der Waals surface area contributed by atoms with Crippen LogP contribution in [0.3, 0.4) is 0 Å². The summed E-state index contributed by atoms with van der Waals surface area (Å²) in [6.07, 6.45) is 2.17. The second-order valence-electron chi connectivity index (χ2n) is 4.72. The van der Waals surface area contributed by atoms with Gasteiger partial charge in [0.25, 0.3) is 0 Å². The Morgan fingerprint density at radius 3 is 2.90 bits per heavy atom. The van der Waals surface area contributed by atoms with Crippen molar-refractivity contribution in [2.24, 2.45) is 5.73 Å². The number of fused-ring (bicyclic) bond motifs is 1. The molecule has 1 aromatic heterocycles. The van der Waals surface area contributed by atoms with Gasteiger partial charge in [0.2, 0.25) is 0 Å². The molecule has 0 saturated heterocycles. The average molecular weight is 344 g/mol. The van der Waals surface area contributed by atoms with Crippen molar-refractivity contribution in [2.45, 2.75) is 18.9 Å². The van der Waals surface area contributed by atoms with Crippen LogP contribution in [0.2, 0.25) is 5.02 Å². The SMILES string of the molecule is Cl.NCC1Cc2c(-c3ccc(CC=O)s3)ccc(Cl)c2O1. The standard InChI is InChI=1S/C15H14ClNO2S.ClH/c16-13-3-2-11(12-7-9(8-17)19-15(12)13)14-4-1-10(20-14)5-6-18;/h1-4,6,9H,5,7-8,17H2;1H. The summed E-state index contributed by atoms with van der Waals surface area (Å²) >= 11 is 7.83. The molecule has 21 heavy (non-hydrogen) atoms. The quantitative estimate of drug-likeness (QED) is 0.864. The lowest BCUT2D eigenvalue weighted by Crippen LogP contribution is -2.24. The van der Waals surface area contributed by atoms with Crippen molar-refractivity contribution in [1.82, 2.24) is 0 Å². The van der Waals surface area contributed by atoms with Gasteiger partial charge in [-0.3, -0.25) is 0 Å². The van der Waals surface area contributed by atoms with Crippen molar-refractivity contribution in [3.8, 4) is 16.2 Å². The predicted octanol–water partition coefficient (Wildman–Crippen LogP) is 3.49. The van der Waals surface area contributed by atoms with E-state index in [4.69, 9.17) is 22.1 Å². The number of benzene rings is 1. The van der Waals surface area contributed by atoms with E-state index in [2.05, 4.69) is 0 Å². The van der Waals surface area contributed by atoms with Crippen molar-refractivity contribution >= 4 is 41.6 Å². The van der Waals surface area contributed by atoms with E-state index >= 15 is 0 Å². The average Bonchev–Trinajstić information content (AvgIpc) is 3.07. The molecule has 0 amide bonds. The lowest BCUT2D eigenvalue weighted by atomic mass is 10.0. The van der Waals surface area contributed by atoms with Crippen LogP contribution in [-0.4, -0.2) is 18.9 Å². The molecule has 112 valence electrons. The zero-order chi connectivity index (χ0) is 14.1. The van der Waals surface area contributed by atoms with Crippen LogP contribution in [0.4, 0.5) is 0 Å². The molecule has 1 aromatic carbocycles. The number of ether oxygens (including phenoxy) is 1. The zero-order valence-electron chi connectivity index (χ0n) is 11.2. The molecule has 0 radical (unpaired) electrons. The molecule has 1 atom stereocenters. The van der Waals surface area contributed by atoms with Gasteiger partial charge in [0.1, 0.15) is 18.1 Å². The van der Waals surface area contributed by atoms with Gasteiger partial charge in [0.15, 0.2) is 0 Å². The second kappa shape index (κ2) is 6.79. The molecule has 1 aliphatic heterocycles. The van der Waals surface area contributed by atoms with E-state index in [1.54, 1.807) is 11.3 Å². The van der Waals surface area contributed by atoms with E-state index in [-0.39, 0.29) is 18.5 Å². The van der Waals surface area contributed by atoms with E-state index in [1.807, 2.05) is 24.3 Å². The maximum absolute atomic E-state index is 10.6. The van der Waals surface area contributed by atoms with Crippen LogP contribution in [0.15, 0.2) is 24.3 Å². The van der Waals surface area contributed by atoms with E-state index in [0.29, 0.717) is 18.0 Å². The number of halogens is 2. The molecule has 0 fully saturated rings. The van der Waals surface area contributed by atoms with Gasteiger partial charge >= 0.3 is 0 Å². The van der Waals surface area contributed by atoms with E-state index in [9.17, 15) is 4.79 Å². The molecule has 0 bridgehead atoms. The van der Waals surface area contributed by atoms with Crippen LogP contribution in [0.1, 0.15) is 10.4 Å². The van der Waals surface area contributed by atoms with E-state index in [1.165, 1.54) is 0 Å². The van der Waals surface area contributed by atoms with Gasteiger partial charge in [-0.25, -0.2) is 0 Å². The summed E-state index contributed by atoms with van der Waals surface area (Å²) in [5, 5.41) is 0.629. The number of hydrogen-bond donors (Lipinski definition) is 1. The number of aldehydes is 1. The first kappa shape index (κ1) is 16.3. The third kappa shape index (κ3) is 3.09. The fraction of sp³-hybridized carbons (Fsp3) is 0.267. The van der Waals surface area contributed by atoms with Crippen LogP contribution < -0.4 is 10.5 Å². The Bertz CT molecular complexity index is 657. The molecular formula is C15H15Cl2NO2S. The first-order valence-corrected chi connectivity index (χ1v) is 7.63. The molecule has 6 heteroatoms. The lowest BCUT2D eigenvalue weighted by Gasteiger charge is -2.07. The minimum Gasteiger partial charge on any atom is -0.487 e. The molecule has 2 aromatic rings. The first-order valence-electron chi connectivity index (χ1n) is 6.43. The third-order valence-electron chi connectivity index (χ3n) is 3.40. The summed E-state index contributed by atoms with van der Waals surface area (Å²) in [4.78, 5) is 12.8. The molecule has 2 N–H and O–H groups in total. The number of hydrogen-bond acceptors (Lipinski definition) is 4. The van der Waals surface area contributed by atoms with Crippen molar-refractivity contribution in [2.75, 3.05) is 6.54 Å². The highest BCUT2D eigenvalue weighted by Crippen LogP contribution is 2.43. The Kier molecular flexibility index (Phi) is 5.27. The Morgan fingerprint density at radius 1 is 1.38 bits per heavy atom. The van der Waals surface area contributed by atoms with Crippen molar-refractivity contribution in [3.05, 3.63) is 39.7 Å². The number of rotatable bonds is 4. The van der Waals surface area contributed by atoms with Gasteiger partial charge in [0, 0.05) is 34.7 Å². The molecule has 3 rings (SSSR count). The Hall–Kier alpha value is -1.07. The molecule has 0 saturated carbocycles. The Balaban J connectivity index is 0.00000161. The normalized spacial score (nSPS) is 16.0. The molecule has 0 spiro atoms. The maximum Gasteiger partial charge on any atom is 0.142 e. The van der Waals surface area contributed by atoms with E-state index in [0.717, 1.165) is 39.3 Å². The van der Waals surface area contributed by atoms with Gasteiger partial charge < -0.3 is 15.3 Å². The van der Waals surface area contributed by atoms with Gasteiger partial charge in [0.05, 0.1) is 5.02 Å². The molecule has 3 nitrogen and oxygen atoms in total. The highest BCUT2D eigenvalue weighted by atomic mass is 35.5. The third-order valence-corrected chi connectivity index (χ3v) is 4.84. The van der Waals surface area contributed by atoms with Crippen LogP contribution >= 0.6 is 35.3 Å². The monoisotopic (exact) mass is 343 g/mol. The summed E-state index contributed by atoms with van der Waals surface area (Å²) in [5.41, 5.74) is 7.94. The number of thiophene rings is 1. The Morgan fingerprint density at radius 2 is 2.19 bits per heavy atom. The first-order chi connectivity index (χ1) is 9.72. The van der Waals surface area contributed by atoms with Gasteiger partial charge in [-0.1, -0.05) is 17.7 Å². The highest BCUT2D eigenvalue weighted by Gasteiger charge is 2.27. The summed E-state index contributed by atoms with van der Waals surface area (Å²) in [5.74, 6) is 0.755. The summed E-state index contributed by atoms with van der Waals surface area (Å²) < 4.78 is 5.79. The largest absolute Gasteiger partial charge is 0.487 e. The Labute approximate surface area is 138 Å². The number of nitrogens with two attached hydrogens (primary N) is 1. The second-order valence-corrected chi connectivity index (χ2v) is 6.29. The molecule has 0 aliphatic carbocycles. The summed E-state index contributed by atoms with van der Waals surface area (Å²) in [6.45, 7) is 0.477. The summed E-state index contributed by atoms with van der Waals surface area (Å²) in [7, 11) is 0. The minimum absolute atomic E-state index is 0. The van der Waals surface area contributed by atoms with Crippen LogP contribution in [0.25, 0.3) is 10.4 Å². The number of carbonyl (C=O) groups excluding carboxylic acids is 1. The lowest BCUT2D eigenvalue weighted by molar-refractivity contribution is -0.107. The molecule has 1 aliphatic rings. The molecular weight excluding hydrogens is 329 g/mol. The van der Waals surface area contributed by atoms with Gasteiger partial charge in [-0.15, -0.1) is 23.7 Å². The summed E-state index contributed by atoms with van der Waals surface area (Å²) in [6, 6.07) is 7.90. The predicted molar refractivity (Wildman–Crippen MR) is 89.0 cm³/mol. The zero-order valence-corrected chi connectivity index (χ0v) is 13.6. The number of carbonyl (C=O) groups is 1.